The number of carbonyl (C=O) groups is 1. The highest BCUT2D eigenvalue weighted by Gasteiger charge is 2.33. The zero-order chi connectivity index (χ0) is 17.1. The maximum atomic E-state index is 13.0. The topological polar surface area (TPSA) is 53.8 Å². The van der Waals surface area contributed by atoms with Crippen LogP contribution in [0.1, 0.15) is 25.0 Å². The van der Waals surface area contributed by atoms with E-state index >= 15 is 0 Å². The zero-order valence-corrected chi connectivity index (χ0v) is 15.1. The molecule has 24 heavy (non-hydrogen) atoms. The van der Waals surface area contributed by atoms with Gasteiger partial charge in [0, 0.05) is 40.8 Å². The van der Waals surface area contributed by atoms with Crippen LogP contribution in [-0.4, -0.2) is 78.2 Å². The van der Waals surface area contributed by atoms with Crippen LogP contribution in [0.5, 0.6) is 0 Å². The molecule has 2 saturated heterocycles. The molecule has 1 unspecified atom stereocenters. The van der Waals surface area contributed by atoms with E-state index in [9.17, 15) is 4.79 Å². The number of rotatable bonds is 4. The van der Waals surface area contributed by atoms with Crippen LogP contribution < -0.4 is 4.90 Å². The number of morpholine rings is 1. The highest BCUT2D eigenvalue weighted by molar-refractivity contribution is 5.82. The van der Waals surface area contributed by atoms with Gasteiger partial charge in [-0.05, 0) is 19.4 Å². The summed E-state index contributed by atoms with van der Waals surface area (Å²) in [6.07, 6.45) is 5.17. The molecule has 134 valence electrons. The highest BCUT2D eigenvalue weighted by atomic mass is 16.5. The van der Waals surface area contributed by atoms with Gasteiger partial charge in [-0.15, -0.1) is 0 Å². The van der Waals surface area contributed by atoms with Gasteiger partial charge in [0.1, 0.15) is 0 Å². The van der Waals surface area contributed by atoms with Gasteiger partial charge in [0.25, 0.3) is 0 Å². The van der Waals surface area contributed by atoms with Gasteiger partial charge in [0.15, 0.2) is 0 Å². The molecule has 2 aliphatic heterocycles. The molecule has 1 amide bonds. The van der Waals surface area contributed by atoms with Crippen molar-refractivity contribution in [1.29, 1.82) is 0 Å². The Morgan fingerprint density at radius 2 is 2.04 bits per heavy atom. The van der Waals surface area contributed by atoms with Crippen molar-refractivity contribution in [3.05, 3.63) is 11.9 Å². The molecular formula is C17H29N5O2. The van der Waals surface area contributed by atoms with E-state index in [1.165, 1.54) is 0 Å². The van der Waals surface area contributed by atoms with E-state index in [1.807, 2.05) is 37.1 Å². The number of aromatic nitrogens is 2. The fourth-order valence-corrected chi connectivity index (χ4v) is 3.66. The molecule has 2 fully saturated rings. The number of anilines is 1. The molecule has 2 aliphatic rings. The Balaban J connectivity index is 1.71. The van der Waals surface area contributed by atoms with Gasteiger partial charge in [0.2, 0.25) is 11.9 Å². The van der Waals surface area contributed by atoms with Gasteiger partial charge in [-0.2, -0.15) is 0 Å². The Kier molecular flexibility index (Phi) is 5.40. The molecule has 1 atom stereocenters. The van der Waals surface area contributed by atoms with E-state index in [-0.39, 0.29) is 11.9 Å². The third-order valence-corrected chi connectivity index (χ3v) is 5.05. The third kappa shape index (κ3) is 3.57. The average molecular weight is 335 g/mol. The first-order chi connectivity index (χ1) is 11.6. The van der Waals surface area contributed by atoms with Crippen molar-refractivity contribution in [2.24, 2.45) is 7.05 Å². The molecule has 3 rings (SSSR count). The lowest BCUT2D eigenvalue weighted by molar-refractivity contribution is -0.142. The SMILES string of the molecule is CN(C)c1ncc(CN2CCCCC2C(=O)N2CCOCC2)n1C. The van der Waals surface area contributed by atoms with Crippen LogP contribution in [0.3, 0.4) is 0 Å². The van der Waals surface area contributed by atoms with Crippen molar-refractivity contribution in [2.75, 3.05) is 51.8 Å². The third-order valence-electron chi connectivity index (χ3n) is 5.05. The molecule has 1 aromatic rings. The average Bonchev–Trinajstić information content (AvgIpc) is 2.96. The molecular weight excluding hydrogens is 306 g/mol. The van der Waals surface area contributed by atoms with E-state index in [2.05, 4.69) is 14.5 Å². The second-order valence-electron chi connectivity index (χ2n) is 6.92. The molecule has 0 N–H and O–H groups in total. The number of hydrogen-bond acceptors (Lipinski definition) is 5. The molecule has 0 bridgehead atoms. The molecule has 0 spiro atoms. The van der Waals surface area contributed by atoms with Crippen molar-refractivity contribution in [1.82, 2.24) is 19.4 Å². The minimum Gasteiger partial charge on any atom is -0.378 e. The van der Waals surface area contributed by atoms with Crippen molar-refractivity contribution in [3.8, 4) is 0 Å². The molecule has 0 radical (unpaired) electrons. The predicted octanol–water partition coefficient (Wildman–Crippen LogP) is 0.699. The Hall–Kier alpha value is -1.60. The minimum absolute atomic E-state index is 0.00504. The van der Waals surface area contributed by atoms with Crippen LogP contribution in [0.4, 0.5) is 5.95 Å². The summed E-state index contributed by atoms with van der Waals surface area (Å²) in [6.45, 7) is 4.51. The first kappa shape index (κ1) is 17.2. The van der Waals surface area contributed by atoms with Crippen molar-refractivity contribution in [2.45, 2.75) is 31.8 Å². The lowest BCUT2D eigenvalue weighted by Crippen LogP contribution is -2.53. The number of hydrogen-bond donors (Lipinski definition) is 0. The van der Waals surface area contributed by atoms with Gasteiger partial charge in [-0.25, -0.2) is 4.98 Å². The summed E-state index contributed by atoms with van der Waals surface area (Å²) in [4.78, 5) is 23.8. The van der Waals surface area contributed by atoms with Crippen LogP contribution >= 0.6 is 0 Å². The van der Waals surface area contributed by atoms with Crippen molar-refractivity contribution in [3.63, 3.8) is 0 Å². The zero-order valence-electron chi connectivity index (χ0n) is 15.1. The Morgan fingerprint density at radius 1 is 1.29 bits per heavy atom. The summed E-state index contributed by atoms with van der Waals surface area (Å²) in [6, 6.07) is -0.00504. The van der Waals surface area contributed by atoms with Crippen LogP contribution in [0, 0.1) is 0 Å². The number of carbonyl (C=O) groups excluding carboxylic acids is 1. The first-order valence-electron chi connectivity index (χ1n) is 8.86. The van der Waals surface area contributed by atoms with Gasteiger partial charge >= 0.3 is 0 Å². The van der Waals surface area contributed by atoms with E-state index in [0.717, 1.165) is 57.1 Å². The van der Waals surface area contributed by atoms with Crippen molar-refractivity contribution >= 4 is 11.9 Å². The summed E-state index contributed by atoms with van der Waals surface area (Å²) < 4.78 is 7.49. The van der Waals surface area contributed by atoms with Crippen molar-refractivity contribution < 1.29 is 9.53 Å². The molecule has 7 nitrogen and oxygen atoms in total. The fourth-order valence-electron chi connectivity index (χ4n) is 3.66. The Morgan fingerprint density at radius 3 is 2.71 bits per heavy atom. The lowest BCUT2D eigenvalue weighted by Gasteiger charge is -2.38. The Labute approximate surface area is 144 Å². The van der Waals surface area contributed by atoms with Gasteiger partial charge in [-0.1, -0.05) is 6.42 Å². The molecule has 3 heterocycles. The minimum atomic E-state index is -0.00504. The number of amides is 1. The van der Waals surface area contributed by atoms with Crippen LogP contribution in [0.2, 0.25) is 0 Å². The summed E-state index contributed by atoms with van der Waals surface area (Å²) in [7, 11) is 6.04. The molecule has 0 saturated carbocycles. The second kappa shape index (κ2) is 7.53. The molecule has 7 heteroatoms. The maximum absolute atomic E-state index is 13.0. The first-order valence-corrected chi connectivity index (χ1v) is 8.86. The smallest absolute Gasteiger partial charge is 0.240 e. The largest absolute Gasteiger partial charge is 0.378 e. The summed E-state index contributed by atoms with van der Waals surface area (Å²) in [5, 5.41) is 0. The number of nitrogens with zero attached hydrogens (tertiary/aromatic N) is 5. The number of imidazole rings is 1. The summed E-state index contributed by atoms with van der Waals surface area (Å²) >= 11 is 0. The summed E-state index contributed by atoms with van der Waals surface area (Å²) in [5.41, 5.74) is 1.15. The van der Waals surface area contributed by atoms with Gasteiger partial charge < -0.3 is 19.1 Å². The monoisotopic (exact) mass is 335 g/mol. The van der Waals surface area contributed by atoms with E-state index in [4.69, 9.17) is 4.74 Å². The quantitative estimate of drug-likeness (QED) is 0.811. The van der Waals surface area contributed by atoms with Crippen LogP contribution in [-0.2, 0) is 23.1 Å². The van der Waals surface area contributed by atoms with E-state index < -0.39 is 0 Å². The second-order valence-corrected chi connectivity index (χ2v) is 6.92. The Bertz CT molecular complexity index is 565. The number of piperidine rings is 1. The molecule has 0 aromatic carbocycles. The lowest BCUT2D eigenvalue weighted by atomic mass is 10.0. The number of ether oxygens (including phenoxy) is 1. The van der Waals surface area contributed by atoms with Crippen LogP contribution in [0.15, 0.2) is 6.20 Å². The van der Waals surface area contributed by atoms with E-state index in [1.54, 1.807) is 0 Å². The van der Waals surface area contributed by atoms with Crippen LogP contribution in [0.25, 0.3) is 0 Å². The van der Waals surface area contributed by atoms with E-state index in [0.29, 0.717) is 13.2 Å². The number of likely N-dealkylation sites (tertiary alicyclic amines) is 1. The summed E-state index contributed by atoms with van der Waals surface area (Å²) in [5.74, 6) is 1.21. The fraction of sp³-hybridized carbons (Fsp3) is 0.765. The van der Waals surface area contributed by atoms with Gasteiger partial charge in [-0.3, -0.25) is 9.69 Å². The molecule has 1 aromatic heterocycles. The maximum Gasteiger partial charge on any atom is 0.240 e. The highest BCUT2D eigenvalue weighted by Crippen LogP contribution is 2.23. The normalized spacial score (nSPS) is 22.6. The molecule has 0 aliphatic carbocycles. The standard InChI is InChI=1S/C17H29N5O2/c1-19(2)17-18-12-14(20(17)3)13-22-7-5-4-6-15(22)16(23)21-8-10-24-11-9-21/h12,15H,4-11,13H2,1-3H3. The van der Waals surface area contributed by atoms with Gasteiger partial charge in [0.05, 0.1) is 31.1 Å². The predicted molar refractivity (Wildman–Crippen MR) is 93.0 cm³/mol.